The number of ether oxygens (including phenoxy) is 2. The number of esters is 2. The maximum Gasteiger partial charge on any atom is 0.338 e. The third kappa shape index (κ3) is 5.38. The highest BCUT2D eigenvalue weighted by Gasteiger charge is 2.35. The number of hydrogen-bond acceptors (Lipinski definition) is 8. The lowest BCUT2D eigenvalue weighted by Crippen LogP contribution is -2.39. The van der Waals surface area contributed by atoms with Crippen molar-refractivity contribution < 1.29 is 23.5 Å². The fourth-order valence-corrected chi connectivity index (χ4v) is 6.00. The normalized spacial score (nSPS) is 14.7. The molecule has 0 saturated heterocycles. The summed E-state index contributed by atoms with van der Waals surface area (Å²) in [6, 6.07) is 28.5. The summed E-state index contributed by atoms with van der Waals surface area (Å²) in [6.07, 6.45) is 1.66. The minimum absolute atomic E-state index is 0.180. The summed E-state index contributed by atoms with van der Waals surface area (Å²) in [4.78, 5) is 44.8. The molecule has 8 nitrogen and oxygen atoms in total. The van der Waals surface area contributed by atoms with Crippen molar-refractivity contribution in [1.82, 2.24) is 4.57 Å². The lowest BCUT2D eigenvalue weighted by atomic mass is 9.93. The number of methoxy groups -OCH3 is 1. The first-order valence-corrected chi connectivity index (χ1v) is 14.4. The van der Waals surface area contributed by atoms with Gasteiger partial charge in [0.25, 0.3) is 5.56 Å². The molecule has 0 N–H and O–H groups in total. The van der Waals surface area contributed by atoms with Crippen LogP contribution in [-0.2, 0) is 14.3 Å². The van der Waals surface area contributed by atoms with E-state index in [1.54, 1.807) is 47.9 Å². The SMILES string of the molecule is CCOC(=O)C1=C(c2ccccc2)N=c2s/c(=C\c3ccc(-c4cccc(C(=O)OC)c4)o3)c(=O)n2[C@@H]1c1ccccc1. The zero-order chi connectivity index (χ0) is 29.9. The number of hydrogen-bond donors (Lipinski definition) is 0. The predicted octanol–water partition coefficient (Wildman–Crippen LogP) is 4.98. The zero-order valence-electron chi connectivity index (χ0n) is 23.4. The van der Waals surface area contributed by atoms with Gasteiger partial charge in [0.2, 0.25) is 0 Å². The van der Waals surface area contributed by atoms with E-state index < -0.39 is 18.0 Å². The second kappa shape index (κ2) is 11.9. The second-order valence-electron chi connectivity index (χ2n) is 9.62. The van der Waals surface area contributed by atoms with E-state index in [1.165, 1.54) is 18.4 Å². The Morgan fingerprint density at radius 2 is 1.65 bits per heavy atom. The Kier molecular flexibility index (Phi) is 7.72. The minimum atomic E-state index is -0.748. The van der Waals surface area contributed by atoms with E-state index in [2.05, 4.69) is 0 Å². The van der Waals surface area contributed by atoms with Crippen molar-refractivity contribution in [2.75, 3.05) is 13.7 Å². The molecule has 0 unspecified atom stereocenters. The van der Waals surface area contributed by atoms with Crippen molar-refractivity contribution in [2.45, 2.75) is 13.0 Å². The molecule has 1 aliphatic rings. The quantitative estimate of drug-likeness (QED) is 0.248. The molecule has 0 saturated carbocycles. The van der Waals surface area contributed by atoms with Crippen LogP contribution in [0.4, 0.5) is 0 Å². The number of carbonyl (C=O) groups excluding carboxylic acids is 2. The van der Waals surface area contributed by atoms with Crippen molar-refractivity contribution in [3.63, 3.8) is 0 Å². The van der Waals surface area contributed by atoms with Crippen LogP contribution in [0.3, 0.4) is 0 Å². The molecule has 9 heteroatoms. The molecule has 1 aliphatic heterocycles. The highest BCUT2D eigenvalue weighted by Crippen LogP contribution is 2.35. The van der Waals surface area contributed by atoms with Crippen LogP contribution in [0.25, 0.3) is 23.1 Å². The Morgan fingerprint density at radius 1 is 0.930 bits per heavy atom. The van der Waals surface area contributed by atoms with Crippen LogP contribution < -0.4 is 14.9 Å². The van der Waals surface area contributed by atoms with Crippen LogP contribution in [-0.4, -0.2) is 30.2 Å². The van der Waals surface area contributed by atoms with E-state index >= 15 is 0 Å². The van der Waals surface area contributed by atoms with Gasteiger partial charge in [-0.15, -0.1) is 0 Å². The standard InChI is InChI=1S/C34H26N2O6S/c1-3-41-33(39)28-29(21-11-6-4-7-12-21)35-34-36(30(28)22-13-8-5-9-14-22)31(37)27(43-34)20-25-17-18-26(42-25)23-15-10-16-24(19-23)32(38)40-2/h4-20,30H,3H2,1-2H3/b27-20-/t30-/m1/s1. The third-order valence-corrected chi connectivity index (χ3v) is 7.94. The van der Waals surface area contributed by atoms with E-state index in [0.29, 0.717) is 43.3 Å². The van der Waals surface area contributed by atoms with Crippen molar-refractivity contribution in [3.8, 4) is 11.3 Å². The summed E-state index contributed by atoms with van der Waals surface area (Å²) in [5, 5.41) is 0. The van der Waals surface area contributed by atoms with E-state index in [1.807, 2.05) is 66.7 Å². The number of carbonyl (C=O) groups is 2. The molecular weight excluding hydrogens is 564 g/mol. The smallest absolute Gasteiger partial charge is 0.338 e. The molecular formula is C34H26N2O6S. The summed E-state index contributed by atoms with van der Waals surface area (Å²) in [5.41, 5.74) is 3.05. The van der Waals surface area contributed by atoms with Crippen molar-refractivity contribution in [3.05, 3.63) is 145 Å². The predicted molar refractivity (Wildman–Crippen MR) is 163 cm³/mol. The average molecular weight is 591 g/mol. The van der Waals surface area contributed by atoms with Gasteiger partial charge in [-0.1, -0.05) is 84.1 Å². The van der Waals surface area contributed by atoms with Gasteiger partial charge in [0, 0.05) is 17.2 Å². The van der Waals surface area contributed by atoms with Gasteiger partial charge in [0.1, 0.15) is 11.5 Å². The van der Waals surface area contributed by atoms with Gasteiger partial charge in [-0.2, -0.15) is 0 Å². The first kappa shape index (κ1) is 27.9. The number of nitrogens with zero attached hydrogens (tertiary/aromatic N) is 2. The van der Waals surface area contributed by atoms with Crippen molar-refractivity contribution >= 4 is 35.0 Å². The second-order valence-corrected chi connectivity index (χ2v) is 10.6. The lowest BCUT2D eigenvalue weighted by molar-refractivity contribution is -0.138. The molecule has 0 amide bonds. The summed E-state index contributed by atoms with van der Waals surface area (Å²) < 4.78 is 18.3. The Hall–Kier alpha value is -5.28. The van der Waals surface area contributed by atoms with Gasteiger partial charge in [-0.3, -0.25) is 9.36 Å². The number of furan rings is 1. The van der Waals surface area contributed by atoms with Crippen LogP contribution in [0.1, 0.15) is 40.2 Å². The van der Waals surface area contributed by atoms with Gasteiger partial charge in [-0.25, -0.2) is 14.6 Å². The number of benzene rings is 3. The first-order valence-electron chi connectivity index (χ1n) is 13.6. The zero-order valence-corrected chi connectivity index (χ0v) is 24.2. The molecule has 0 spiro atoms. The minimum Gasteiger partial charge on any atom is -0.465 e. The summed E-state index contributed by atoms with van der Waals surface area (Å²) in [5.74, 6) is 0.00801. The van der Waals surface area contributed by atoms with Gasteiger partial charge < -0.3 is 13.9 Å². The maximum atomic E-state index is 14.0. The fourth-order valence-electron chi connectivity index (χ4n) is 5.02. The molecule has 43 heavy (non-hydrogen) atoms. The molecule has 0 aliphatic carbocycles. The molecule has 0 radical (unpaired) electrons. The number of rotatable bonds is 7. The molecule has 5 aromatic rings. The highest BCUT2D eigenvalue weighted by atomic mass is 32.1. The topological polar surface area (TPSA) is 100 Å². The highest BCUT2D eigenvalue weighted by molar-refractivity contribution is 7.07. The molecule has 214 valence electrons. The lowest BCUT2D eigenvalue weighted by Gasteiger charge is -2.25. The van der Waals surface area contributed by atoms with Gasteiger partial charge in [-0.05, 0) is 36.8 Å². The van der Waals surface area contributed by atoms with E-state index in [0.717, 1.165) is 11.1 Å². The number of aromatic nitrogens is 1. The summed E-state index contributed by atoms with van der Waals surface area (Å²) in [6.45, 7) is 1.93. The molecule has 3 aromatic carbocycles. The molecule has 6 rings (SSSR count). The van der Waals surface area contributed by atoms with Crippen LogP contribution in [0, 0.1) is 0 Å². The fraction of sp³-hybridized carbons (Fsp3) is 0.118. The molecule has 1 atom stereocenters. The van der Waals surface area contributed by atoms with Crippen LogP contribution >= 0.6 is 11.3 Å². The van der Waals surface area contributed by atoms with Gasteiger partial charge in [0.15, 0.2) is 4.80 Å². The first-order chi connectivity index (χ1) is 21.0. The number of thiazole rings is 1. The molecule has 2 aromatic heterocycles. The van der Waals surface area contributed by atoms with E-state index in [-0.39, 0.29) is 12.2 Å². The van der Waals surface area contributed by atoms with Crippen LogP contribution in [0.2, 0.25) is 0 Å². The molecule has 0 fully saturated rings. The Bertz CT molecular complexity index is 2040. The molecule has 3 heterocycles. The van der Waals surface area contributed by atoms with Gasteiger partial charge in [0.05, 0.1) is 41.1 Å². The largest absolute Gasteiger partial charge is 0.465 e. The summed E-state index contributed by atoms with van der Waals surface area (Å²) in [7, 11) is 1.33. The third-order valence-electron chi connectivity index (χ3n) is 6.96. The van der Waals surface area contributed by atoms with Gasteiger partial charge >= 0.3 is 11.9 Å². The van der Waals surface area contributed by atoms with E-state index in [9.17, 15) is 14.4 Å². The summed E-state index contributed by atoms with van der Waals surface area (Å²) >= 11 is 1.22. The van der Waals surface area contributed by atoms with Crippen LogP contribution in [0.15, 0.2) is 117 Å². The monoisotopic (exact) mass is 590 g/mol. The van der Waals surface area contributed by atoms with Crippen molar-refractivity contribution in [2.24, 2.45) is 4.99 Å². The van der Waals surface area contributed by atoms with Crippen molar-refractivity contribution in [1.29, 1.82) is 0 Å². The Morgan fingerprint density at radius 3 is 2.37 bits per heavy atom. The Balaban J connectivity index is 1.51. The van der Waals surface area contributed by atoms with Crippen LogP contribution in [0.5, 0.6) is 0 Å². The number of fused-ring (bicyclic) bond motifs is 1. The van der Waals surface area contributed by atoms with E-state index in [4.69, 9.17) is 18.9 Å². The Labute approximate surface area is 250 Å². The maximum absolute atomic E-state index is 14.0. The average Bonchev–Trinajstić information content (AvgIpc) is 3.65. The molecule has 0 bridgehead atoms.